The van der Waals surface area contributed by atoms with E-state index in [0.29, 0.717) is 6.04 Å². The summed E-state index contributed by atoms with van der Waals surface area (Å²) < 4.78 is 7.11. The van der Waals surface area contributed by atoms with Crippen LogP contribution in [-0.2, 0) is 4.74 Å². The van der Waals surface area contributed by atoms with Crippen molar-refractivity contribution in [3.05, 3.63) is 22.4 Å². The predicted molar refractivity (Wildman–Crippen MR) is 81.8 cm³/mol. The van der Waals surface area contributed by atoms with Crippen LogP contribution >= 0.6 is 15.9 Å². The van der Waals surface area contributed by atoms with Crippen LogP contribution in [0.2, 0.25) is 0 Å². The maximum absolute atomic E-state index is 5.86. The second-order valence-corrected chi connectivity index (χ2v) is 6.53. The van der Waals surface area contributed by atoms with E-state index in [0.717, 1.165) is 37.7 Å². The molecule has 0 saturated carbocycles. The second kappa shape index (κ2) is 8.00. The Morgan fingerprint density at radius 2 is 2.22 bits per heavy atom. The first-order valence-corrected chi connectivity index (χ1v) is 7.67. The zero-order valence-electron chi connectivity index (χ0n) is 12.1. The highest BCUT2D eigenvalue weighted by molar-refractivity contribution is 9.11. The fraction of sp³-hybridized carbons (Fsp3) is 0.733. The van der Waals surface area contributed by atoms with E-state index in [4.69, 9.17) is 4.74 Å². The summed E-state index contributed by atoms with van der Waals surface area (Å²) in [6.45, 7) is 8.43. The number of ether oxygens (including phenoxy) is 1. The predicted octanol–water partition coefficient (Wildman–Crippen LogP) is 4.33. The van der Waals surface area contributed by atoms with Crippen LogP contribution in [0.4, 0.5) is 0 Å². The van der Waals surface area contributed by atoms with Gasteiger partial charge in [0.2, 0.25) is 0 Å². The third-order valence-corrected chi connectivity index (χ3v) is 3.99. The van der Waals surface area contributed by atoms with E-state index in [1.807, 2.05) is 0 Å². The number of likely N-dealkylation sites (N-methyl/N-ethyl adjacent to an activating group) is 1. The Morgan fingerprint density at radius 3 is 2.89 bits per heavy atom. The maximum Gasteiger partial charge on any atom is 0.116 e. The van der Waals surface area contributed by atoms with E-state index in [1.165, 1.54) is 10.9 Å². The average Bonchev–Trinajstić information content (AvgIpc) is 2.25. The van der Waals surface area contributed by atoms with Crippen LogP contribution in [0, 0.1) is 5.92 Å². The van der Waals surface area contributed by atoms with Crippen molar-refractivity contribution in [2.24, 2.45) is 5.92 Å². The number of hydrogen-bond donors (Lipinski definition) is 0. The van der Waals surface area contributed by atoms with Gasteiger partial charge in [0.15, 0.2) is 0 Å². The van der Waals surface area contributed by atoms with Gasteiger partial charge in [0.1, 0.15) is 12.4 Å². The normalized spacial score (nSPS) is 21.4. The van der Waals surface area contributed by atoms with Gasteiger partial charge in [-0.1, -0.05) is 22.9 Å². The van der Waals surface area contributed by atoms with Gasteiger partial charge in [-0.15, -0.1) is 0 Å². The highest BCUT2D eigenvalue weighted by atomic mass is 79.9. The molecule has 1 aliphatic carbocycles. The van der Waals surface area contributed by atoms with E-state index in [-0.39, 0.29) is 0 Å². The Labute approximate surface area is 120 Å². The molecule has 1 atom stereocenters. The highest BCUT2D eigenvalue weighted by Gasteiger charge is 2.09. The summed E-state index contributed by atoms with van der Waals surface area (Å²) in [5.74, 6) is 1.77. The molecular weight excluding hydrogens is 290 g/mol. The summed E-state index contributed by atoms with van der Waals surface area (Å²) in [6.07, 6.45) is 7.82. The molecule has 0 aromatic rings. The van der Waals surface area contributed by atoms with Crippen molar-refractivity contribution in [3.8, 4) is 0 Å². The number of rotatable bonds is 5. The number of nitrogens with zero attached hydrogens (tertiary/aromatic N) is 1. The summed E-state index contributed by atoms with van der Waals surface area (Å²) in [7, 11) is 2.13. The van der Waals surface area contributed by atoms with Crippen LogP contribution in [0.1, 0.15) is 40.0 Å². The van der Waals surface area contributed by atoms with Gasteiger partial charge in [0.25, 0.3) is 0 Å². The minimum Gasteiger partial charge on any atom is -0.493 e. The van der Waals surface area contributed by atoms with Gasteiger partial charge in [-0.25, -0.2) is 0 Å². The SMILES string of the molecule is CC1CCC=C(OCCN(C)C(C)C)C=C(Br)C1. The van der Waals surface area contributed by atoms with E-state index < -0.39 is 0 Å². The molecule has 1 aliphatic rings. The van der Waals surface area contributed by atoms with Crippen molar-refractivity contribution in [1.82, 2.24) is 4.90 Å². The molecular formula is C15H26BrNO. The van der Waals surface area contributed by atoms with Crippen LogP contribution in [-0.4, -0.2) is 31.1 Å². The number of allylic oxidation sites excluding steroid dienone is 3. The van der Waals surface area contributed by atoms with Gasteiger partial charge in [-0.05, 0) is 62.7 Å². The van der Waals surface area contributed by atoms with E-state index in [9.17, 15) is 0 Å². The van der Waals surface area contributed by atoms with E-state index >= 15 is 0 Å². The molecule has 18 heavy (non-hydrogen) atoms. The van der Waals surface area contributed by atoms with Gasteiger partial charge in [0.05, 0.1) is 0 Å². The molecule has 0 saturated heterocycles. The van der Waals surface area contributed by atoms with E-state index in [2.05, 4.69) is 60.8 Å². The molecule has 0 radical (unpaired) electrons. The first-order valence-electron chi connectivity index (χ1n) is 6.88. The Bertz CT molecular complexity index is 310. The van der Waals surface area contributed by atoms with Crippen molar-refractivity contribution >= 4 is 15.9 Å². The molecule has 0 aromatic carbocycles. The monoisotopic (exact) mass is 315 g/mol. The maximum atomic E-state index is 5.86. The number of halogens is 1. The van der Waals surface area contributed by atoms with Crippen LogP contribution in [0.3, 0.4) is 0 Å². The molecule has 0 bridgehead atoms. The van der Waals surface area contributed by atoms with Crippen molar-refractivity contribution in [1.29, 1.82) is 0 Å². The minimum absolute atomic E-state index is 0.572. The van der Waals surface area contributed by atoms with Gasteiger partial charge in [0, 0.05) is 12.6 Å². The van der Waals surface area contributed by atoms with Crippen LogP contribution in [0.25, 0.3) is 0 Å². The third-order valence-electron chi connectivity index (χ3n) is 3.44. The molecule has 0 aliphatic heterocycles. The molecule has 0 heterocycles. The lowest BCUT2D eigenvalue weighted by molar-refractivity contribution is 0.162. The molecule has 0 amide bonds. The molecule has 3 heteroatoms. The summed E-state index contributed by atoms with van der Waals surface area (Å²) in [6, 6.07) is 0.572. The van der Waals surface area contributed by atoms with Gasteiger partial charge < -0.3 is 9.64 Å². The summed E-state index contributed by atoms with van der Waals surface area (Å²) in [4.78, 5) is 2.30. The highest BCUT2D eigenvalue weighted by Crippen LogP contribution is 2.25. The Hall–Kier alpha value is -0.280. The van der Waals surface area contributed by atoms with Gasteiger partial charge in [-0.2, -0.15) is 0 Å². The van der Waals surface area contributed by atoms with Crippen molar-refractivity contribution < 1.29 is 4.74 Å². The second-order valence-electron chi connectivity index (χ2n) is 5.51. The summed E-state index contributed by atoms with van der Waals surface area (Å²) in [5, 5.41) is 0. The third kappa shape index (κ3) is 6.05. The summed E-state index contributed by atoms with van der Waals surface area (Å²) >= 11 is 3.63. The van der Waals surface area contributed by atoms with E-state index in [1.54, 1.807) is 0 Å². The van der Waals surface area contributed by atoms with Gasteiger partial charge in [-0.3, -0.25) is 0 Å². The Morgan fingerprint density at radius 1 is 1.50 bits per heavy atom. The topological polar surface area (TPSA) is 12.5 Å². The van der Waals surface area contributed by atoms with Crippen molar-refractivity contribution in [2.45, 2.75) is 46.1 Å². The first-order chi connectivity index (χ1) is 8.49. The quantitative estimate of drug-likeness (QED) is 0.749. The average molecular weight is 316 g/mol. The van der Waals surface area contributed by atoms with Crippen LogP contribution in [0.5, 0.6) is 0 Å². The summed E-state index contributed by atoms with van der Waals surface area (Å²) in [5.41, 5.74) is 0. The minimum atomic E-state index is 0.572. The van der Waals surface area contributed by atoms with Crippen LogP contribution < -0.4 is 0 Å². The Balaban J connectivity index is 2.41. The molecule has 1 unspecified atom stereocenters. The Kier molecular flexibility index (Phi) is 7.02. The molecule has 0 aromatic heterocycles. The molecule has 0 spiro atoms. The molecule has 1 rings (SSSR count). The zero-order chi connectivity index (χ0) is 13.5. The lowest BCUT2D eigenvalue weighted by atomic mass is 9.99. The molecule has 0 N–H and O–H groups in total. The smallest absolute Gasteiger partial charge is 0.116 e. The molecule has 0 fully saturated rings. The first kappa shape index (κ1) is 15.8. The molecule has 2 nitrogen and oxygen atoms in total. The molecule has 104 valence electrons. The van der Waals surface area contributed by atoms with Crippen molar-refractivity contribution in [3.63, 3.8) is 0 Å². The van der Waals surface area contributed by atoms with Crippen molar-refractivity contribution in [2.75, 3.05) is 20.2 Å². The van der Waals surface area contributed by atoms with Crippen LogP contribution in [0.15, 0.2) is 22.4 Å². The zero-order valence-corrected chi connectivity index (χ0v) is 13.7. The fourth-order valence-corrected chi connectivity index (χ4v) is 2.66. The largest absolute Gasteiger partial charge is 0.493 e. The standard InChI is InChI=1S/C15H26BrNO/c1-12(2)17(4)8-9-18-15-7-5-6-13(3)10-14(16)11-15/h7,11-13H,5-6,8-10H2,1-4H3. The number of hydrogen-bond acceptors (Lipinski definition) is 2. The lowest BCUT2D eigenvalue weighted by Crippen LogP contribution is -2.29. The fourth-order valence-electron chi connectivity index (χ4n) is 1.88. The van der Waals surface area contributed by atoms with Gasteiger partial charge >= 0.3 is 0 Å². The lowest BCUT2D eigenvalue weighted by Gasteiger charge is -2.21.